The number of fused-ring (bicyclic) bond motifs is 10. The largest absolute Gasteiger partial charge is 0.309 e. The van der Waals surface area contributed by atoms with Crippen LogP contribution in [0, 0.1) is 0 Å². The molecule has 0 N–H and O–H groups in total. The van der Waals surface area contributed by atoms with Crippen molar-refractivity contribution in [3.05, 3.63) is 158 Å². The zero-order valence-electron chi connectivity index (χ0n) is 26.7. The number of hydrogen-bond acceptors (Lipinski definition) is 4. The van der Waals surface area contributed by atoms with Crippen molar-refractivity contribution in [1.29, 1.82) is 0 Å². The Morgan fingerprint density at radius 2 is 1.06 bits per heavy atom. The SMILES string of the molecule is c1ccc(-n2c3ccc(-c4nc5nccnc5nc4-n4c5ccccc5c5cc6ccccc6cc54)cc3c3c4ccccc4ccc32)cc1. The van der Waals surface area contributed by atoms with Crippen molar-refractivity contribution in [2.75, 3.05) is 0 Å². The molecule has 6 heteroatoms. The molecule has 0 aliphatic carbocycles. The van der Waals surface area contributed by atoms with E-state index in [0.29, 0.717) is 11.3 Å². The van der Waals surface area contributed by atoms with E-state index in [1.54, 1.807) is 12.4 Å². The van der Waals surface area contributed by atoms with Gasteiger partial charge >= 0.3 is 0 Å². The lowest BCUT2D eigenvalue weighted by atomic mass is 10.0. The molecular weight excluding hydrogens is 613 g/mol. The highest BCUT2D eigenvalue weighted by atomic mass is 15.1. The molecule has 4 heterocycles. The predicted molar refractivity (Wildman–Crippen MR) is 204 cm³/mol. The Morgan fingerprint density at radius 1 is 0.400 bits per heavy atom. The predicted octanol–water partition coefficient (Wildman–Crippen LogP) is 10.6. The van der Waals surface area contributed by atoms with E-state index in [0.717, 1.165) is 55.6 Å². The highest BCUT2D eigenvalue weighted by Crippen LogP contribution is 2.41. The summed E-state index contributed by atoms with van der Waals surface area (Å²) < 4.78 is 4.61. The average Bonchev–Trinajstić information content (AvgIpc) is 3.69. The lowest BCUT2D eigenvalue weighted by Crippen LogP contribution is -2.05. The fourth-order valence-electron chi connectivity index (χ4n) is 7.82. The summed E-state index contributed by atoms with van der Waals surface area (Å²) in [4.78, 5) is 19.7. The molecule has 50 heavy (non-hydrogen) atoms. The summed E-state index contributed by atoms with van der Waals surface area (Å²) in [5, 5.41) is 9.48. The van der Waals surface area contributed by atoms with Gasteiger partial charge in [0.15, 0.2) is 17.1 Å². The Labute approximate surface area is 285 Å². The highest BCUT2D eigenvalue weighted by molar-refractivity contribution is 6.22. The number of aromatic nitrogens is 6. The molecular formula is C44H26N6. The maximum atomic E-state index is 5.24. The molecule has 4 aromatic heterocycles. The Morgan fingerprint density at radius 3 is 1.90 bits per heavy atom. The van der Waals surface area contributed by atoms with Gasteiger partial charge in [0.1, 0.15) is 5.69 Å². The first-order valence-electron chi connectivity index (χ1n) is 16.7. The molecule has 0 unspecified atom stereocenters. The standard InChI is InChI=1S/C44H26N6/c1-2-13-31(14-3-1)49-37-20-19-30(25-35(37)40-32-15-7-6-10-27(32)18-21-38(40)49)41-44(48-43-42(47-41)45-22-23-46-43)50-36-17-9-8-16-33(36)34-24-28-11-4-5-12-29(28)26-39(34)50/h1-26H. The van der Waals surface area contributed by atoms with E-state index >= 15 is 0 Å². The van der Waals surface area contributed by atoms with Crippen molar-refractivity contribution in [3.8, 4) is 22.8 Å². The molecule has 0 aliphatic rings. The zero-order valence-corrected chi connectivity index (χ0v) is 26.7. The molecule has 0 atom stereocenters. The smallest absolute Gasteiger partial charge is 0.199 e. The topological polar surface area (TPSA) is 61.4 Å². The van der Waals surface area contributed by atoms with Crippen LogP contribution in [-0.2, 0) is 0 Å². The van der Waals surface area contributed by atoms with Crippen molar-refractivity contribution < 1.29 is 0 Å². The molecule has 232 valence electrons. The van der Waals surface area contributed by atoms with Crippen molar-refractivity contribution in [2.24, 2.45) is 0 Å². The van der Waals surface area contributed by atoms with Gasteiger partial charge < -0.3 is 4.57 Å². The number of rotatable bonds is 3. The highest BCUT2D eigenvalue weighted by Gasteiger charge is 2.22. The quantitative estimate of drug-likeness (QED) is 0.193. The summed E-state index contributed by atoms with van der Waals surface area (Å²) in [5.74, 6) is 0.718. The molecule has 0 saturated heterocycles. The van der Waals surface area contributed by atoms with Crippen LogP contribution in [-0.4, -0.2) is 29.1 Å². The van der Waals surface area contributed by atoms with Crippen LogP contribution in [0.25, 0.3) is 99.2 Å². The van der Waals surface area contributed by atoms with Gasteiger partial charge in [-0.2, -0.15) is 0 Å². The van der Waals surface area contributed by atoms with Crippen LogP contribution in [0.1, 0.15) is 0 Å². The van der Waals surface area contributed by atoms with E-state index in [1.807, 2.05) is 0 Å². The molecule has 0 fully saturated rings. The number of para-hydroxylation sites is 2. The molecule has 0 amide bonds. The van der Waals surface area contributed by atoms with Gasteiger partial charge in [-0.1, -0.05) is 97.1 Å². The maximum Gasteiger partial charge on any atom is 0.199 e. The molecule has 11 rings (SSSR count). The molecule has 0 spiro atoms. The number of hydrogen-bond donors (Lipinski definition) is 0. The van der Waals surface area contributed by atoms with Gasteiger partial charge in [-0.3, -0.25) is 4.57 Å². The van der Waals surface area contributed by atoms with Crippen LogP contribution < -0.4 is 0 Å². The number of nitrogens with zero attached hydrogens (tertiary/aromatic N) is 6. The third kappa shape index (κ3) is 3.84. The van der Waals surface area contributed by atoms with Crippen LogP contribution >= 0.6 is 0 Å². The van der Waals surface area contributed by atoms with Crippen LogP contribution in [0.5, 0.6) is 0 Å². The van der Waals surface area contributed by atoms with Crippen LogP contribution in [0.2, 0.25) is 0 Å². The molecule has 6 nitrogen and oxygen atoms in total. The molecule has 0 bridgehead atoms. The van der Waals surface area contributed by atoms with Crippen molar-refractivity contribution in [2.45, 2.75) is 0 Å². The summed E-state index contributed by atoms with van der Waals surface area (Å²) in [5.41, 5.74) is 8.25. The summed E-state index contributed by atoms with van der Waals surface area (Å²) in [6, 6.07) is 51.9. The zero-order chi connectivity index (χ0) is 32.8. The second-order valence-corrected chi connectivity index (χ2v) is 12.8. The third-order valence-electron chi connectivity index (χ3n) is 10.00. The summed E-state index contributed by atoms with van der Waals surface area (Å²) >= 11 is 0. The van der Waals surface area contributed by atoms with Crippen molar-refractivity contribution >= 4 is 76.5 Å². The Bertz CT molecular complexity index is 3160. The van der Waals surface area contributed by atoms with E-state index in [-0.39, 0.29) is 0 Å². The van der Waals surface area contributed by atoms with Crippen LogP contribution in [0.15, 0.2) is 158 Å². The van der Waals surface area contributed by atoms with Gasteiger partial charge in [0.25, 0.3) is 0 Å². The van der Waals surface area contributed by atoms with Crippen LogP contribution in [0.3, 0.4) is 0 Å². The fourth-order valence-corrected chi connectivity index (χ4v) is 7.82. The Kier molecular flexibility index (Phi) is 5.57. The van der Waals surface area contributed by atoms with Gasteiger partial charge in [-0.25, -0.2) is 19.9 Å². The number of benzene rings is 7. The van der Waals surface area contributed by atoms with Gasteiger partial charge in [-0.15, -0.1) is 0 Å². The first kappa shape index (κ1) is 27.1. The normalized spacial score (nSPS) is 12.0. The summed E-state index contributed by atoms with van der Waals surface area (Å²) in [6.07, 6.45) is 3.35. The lowest BCUT2D eigenvalue weighted by Gasteiger charge is -2.14. The van der Waals surface area contributed by atoms with Gasteiger partial charge in [0, 0.05) is 45.2 Å². The second kappa shape index (κ2) is 10.3. The Hall–Kier alpha value is -6.92. The van der Waals surface area contributed by atoms with E-state index in [2.05, 4.69) is 165 Å². The Balaban J connectivity index is 1.27. The van der Waals surface area contributed by atoms with Gasteiger partial charge in [0.05, 0.1) is 22.1 Å². The van der Waals surface area contributed by atoms with E-state index in [1.165, 1.54) is 32.3 Å². The minimum atomic E-state index is 0.505. The van der Waals surface area contributed by atoms with Gasteiger partial charge in [0.2, 0.25) is 0 Å². The third-order valence-corrected chi connectivity index (χ3v) is 10.00. The molecule has 0 radical (unpaired) electrons. The first-order chi connectivity index (χ1) is 24.8. The summed E-state index contributed by atoms with van der Waals surface area (Å²) in [7, 11) is 0. The molecule has 7 aromatic carbocycles. The molecule has 0 saturated carbocycles. The average molecular weight is 639 g/mol. The van der Waals surface area contributed by atoms with Crippen molar-refractivity contribution in [3.63, 3.8) is 0 Å². The molecule has 0 aliphatic heterocycles. The second-order valence-electron chi connectivity index (χ2n) is 12.8. The molecule has 11 aromatic rings. The van der Waals surface area contributed by atoms with E-state index in [9.17, 15) is 0 Å². The minimum Gasteiger partial charge on any atom is -0.309 e. The van der Waals surface area contributed by atoms with Gasteiger partial charge in [-0.05, 0) is 70.1 Å². The van der Waals surface area contributed by atoms with Crippen LogP contribution in [0.4, 0.5) is 0 Å². The van der Waals surface area contributed by atoms with E-state index < -0.39 is 0 Å². The monoisotopic (exact) mass is 638 g/mol. The van der Waals surface area contributed by atoms with Crippen molar-refractivity contribution in [1.82, 2.24) is 29.1 Å². The minimum absolute atomic E-state index is 0.505. The lowest BCUT2D eigenvalue weighted by molar-refractivity contribution is 1.05. The summed E-state index contributed by atoms with van der Waals surface area (Å²) in [6.45, 7) is 0. The maximum absolute atomic E-state index is 5.24. The fraction of sp³-hybridized carbons (Fsp3) is 0. The van der Waals surface area contributed by atoms with E-state index in [4.69, 9.17) is 9.97 Å². The first-order valence-corrected chi connectivity index (χ1v) is 16.7.